The van der Waals surface area contributed by atoms with Crippen molar-refractivity contribution < 1.29 is 9.13 Å². The molecule has 122 valence electrons. The van der Waals surface area contributed by atoms with E-state index in [0.29, 0.717) is 11.6 Å². The fourth-order valence-corrected chi connectivity index (χ4v) is 3.22. The summed E-state index contributed by atoms with van der Waals surface area (Å²) >= 11 is 0. The van der Waals surface area contributed by atoms with Gasteiger partial charge in [0.15, 0.2) is 11.6 Å². The Hall–Kier alpha value is -1.51. The molecule has 7 nitrogen and oxygen atoms in total. The average Bonchev–Trinajstić information content (AvgIpc) is 2.98. The van der Waals surface area contributed by atoms with Gasteiger partial charge in [-0.3, -0.25) is 4.90 Å². The lowest BCUT2D eigenvalue weighted by Crippen LogP contribution is -2.45. The summed E-state index contributed by atoms with van der Waals surface area (Å²) in [6.45, 7) is 6.89. The van der Waals surface area contributed by atoms with Crippen molar-refractivity contribution in [1.29, 1.82) is 0 Å². The van der Waals surface area contributed by atoms with Crippen LogP contribution < -0.4 is 16.2 Å². The number of nitrogen functional groups attached to an aromatic ring is 1. The summed E-state index contributed by atoms with van der Waals surface area (Å²) in [5.74, 6) is 5.81. The number of morpholine rings is 1. The third-order valence-corrected chi connectivity index (χ3v) is 4.30. The maximum atomic E-state index is 14.5. The molecule has 2 aliphatic rings. The van der Waals surface area contributed by atoms with E-state index in [1.807, 2.05) is 0 Å². The van der Waals surface area contributed by atoms with E-state index in [9.17, 15) is 4.39 Å². The zero-order chi connectivity index (χ0) is 15.5. The first-order chi connectivity index (χ1) is 10.7. The summed E-state index contributed by atoms with van der Waals surface area (Å²) in [6.07, 6.45) is 2.09. The van der Waals surface area contributed by atoms with Crippen molar-refractivity contribution >= 4 is 11.6 Å². The molecule has 1 atom stereocenters. The summed E-state index contributed by atoms with van der Waals surface area (Å²) in [5.41, 5.74) is 2.32. The first-order valence-electron chi connectivity index (χ1n) is 7.76. The van der Waals surface area contributed by atoms with Crippen LogP contribution in [-0.4, -0.2) is 60.3 Å². The van der Waals surface area contributed by atoms with Crippen molar-refractivity contribution in [3.05, 3.63) is 11.6 Å². The van der Waals surface area contributed by atoms with Crippen molar-refractivity contribution in [2.24, 2.45) is 5.84 Å². The topological polar surface area (TPSA) is 79.5 Å². The Labute approximate surface area is 129 Å². The molecule has 3 rings (SSSR count). The van der Waals surface area contributed by atoms with Crippen LogP contribution in [-0.2, 0) is 4.74 Å². The largest absolute Gasteiger partial charge is 0.379 e. The van der Waals surface area contributed by atoms with E-state index in [0.717, 1.165) is 52.2 Å². The van der Waals surface area contributed by atoms with Crippen molar-refractivity contribution in [3.8, 4) is 0 Å². The molecule has 3 N–H and O–H groups in total. The number of ether oxygens (including phenoxy) is 1. The molecule has 1 aromatic rings. The molecule has 0 spiro atoms. The lowest BCUT2D eigenvalue weighted by atomic mass is 10.2. The van der Waals surface area contributed by atoms with E-state index >= 15 is 0 Å². The monoisotopic (exact) mass is 310 g/mol. The second kappa shape index (κ2) is 6.72. The highest BCUT2D eigenvalue weighted by Gasteiger charge is 2.31. The predicted octanol–water partition coefficient (Wildman–Crippen LogP) is 0.511. The minimum Gasteiger partial charge on any atom is -0.379 e. The van der Waals surface area contributed by atoms with Gasteiger partial charge < -0.3 is 15.1 Å². The lowest BCUT2D eigenvalue weighted by Gasteiger charge is -2.33. The molecular formula is C14H23FN6O. The lowest BCUT2D eigenvalue weighted by molar-refractivity contribution is 0.0354. The smallest absolute Gasteiger partial charge is 0.209 e. The highest BCUT2D eigenvalue weighted by molar-refractivity contribution is 5.52. The van der Waals surface area contributed by atoms with Gasteiger partial charge in [-0.15, -0.1) is 0 Å². The molecule has 0 amide bonds. The number of aromatic nitrogens is 2. The van der Waals surface area contributed by atoms with Crippen LogP contribution in [0.15, 0.2) is 0 Å². The fraction of sp³-hybridized carbons (Fsp3) is 0.714. The Morgan fingerprint density at radius 3 is 2.82 bits per heavy atom. The van der Waals surface area contributed by atoms with Crippen molar-refractivity contribution in [1.82, 2.24) is 14.9 Å². The van der Waals surface area contributed by atoms with Crippen LogP contribution in [0.25, 0.3) is 0 Å². The Morgan fingerprint density at radius 2 is 2.09 bits per heavy atom. The maximum Gasteiger partial charge on any atom is 0.209 e. The van der Waals surface area contributed by atoms with Gasteiger partial charge >= 0.3 is 0 Å². The molecule has 0 saturated carbocycles. The minimum atomic E-state index is -0.470. The number of hydrazine groups is 1. The third kappa shape index (κ3) is 3.13. The number of hydrogen-bond acceptors (Lipinski definition) is 7. The maximum absolute atomic E-state index is 14.5. The van der Waals surface area contributed by atoms with Crippen molar-refractivity contribution in [2.45, 2.75) is 25.8 Å². The molecule has 0 aliphatic carbocycles. The molecule has 0 bridgehead atoms. The molecule has 2 fully saturated rings. The number of rotatable bonds is 4. The Kier molecular flexibility index (Phi) is 4.70. The first-order valence-corrected chi connectivity index (χ1v) is 7.76. The number of hydrogen-bond donors (Lipinski definition) is 2. The van der Waals surface area contributed by atoms with E-state index in [2.05, 4.69) is 25.2 Å². The zero-order valence-electron chi connectivity index (χ0n) is 12.9. The SMILES string of the molecule is Cc1nc(NN)c(F)c(N2CCC[C@H]2CN2CCOCC2)n1. The van der Waals surface area contributed by atoms with E-state index in [1.54, 1.807) is 6.92 Å². The Bertz CT molecular complexity index is 522. The summed E-state index contributed by atoms with van der Waals surface area (Å²) in [4.78, 5) is 12.7. The van der Waals surface area contributed by atoms with E-state index in [4.69, 9.17) is 10.6 Å². The van der Waals surface area contributed by atoms with Gasteiger partial charge in [0.25, 0.3) is 0 Å². The van der Waals surface area contributed by atoms with Gasteiger partial charge in [0.2, 0.25) is 5.82 Å². The second-order valence-corrected chi connectivity index (χ2v) is 5.80. The summed E-state index contributed by atoms with van der Waals surface area (Å²) in [5, 5.41) is 0. The van der Waals surface area contributed by atoms with Crippen LogP contribution in [0.1, 0.15) is 18.7 Å². The van der Waals surface area contributed by atoms with Gasteiger partial charge in [0.1, 0.15) is 5.82 Å². The predicted molar refractivity (Wildman–Crippen MR) is 82.2 cm³/mol. The normalized spacial score (nSPS) is 23.0. The molecule has 3 heterocycles. The molecule has 2 aliphatic heterocycles. The molecule has 22 heavy (non-hydrogen) atoms. The molecule has 1 aromatic heterocycles. The van der Waals surface area contributed by atoms with Crippen LogP contribution >= 0.6 is 0 Å². The Morgan fingerprint density at radius 1 is 1.32 bits per heavy atom. The average molecular weight is 310 g/mol. The number of nitrogens with two attached hydrogens (primary N) is 1. The van der Waals surface area contributed by atoms with Gasteiger partial charge in [0, 0.05) is 32.2 Å². The second-order valence-electron chi connectivity index (χ2n) is 5.80. The molecule has 0 aromatic carbocycles. The van der Waals surface area contributed by atoms with E-state index < -0.39 is 5.82 Å². The molecule has 8 heteroatoms. The van der Waals surface area contributed by atoms with Crippen LogP contribution in [0.3, 0.4) is 0 Å². The van der Waals surface area contributed by atoms with Gasteiger partial charge in [-0.2, -0.15) is 4.39 Å². The van der Waals surface area contributed by atoms with E-state index in [1.165, 1.54) is 0 Å². The van der Waals surface area contributed by atoms with Crippen molar-refractivity contribution in [3.63, 3.8) is 0 Å². The highest BCUT2D eigenvalue weighted by atomic mass is 19.1. The van der Waals surface area contributed by atoms with Gasteiger partial charge in [-0.1, -0.05) is 0 Å². The quantitative estimate of drug-likeness (QED) is 0.619. The number of anilines is 2. The molecule has 0 unspecified atom stereocenters. The van der Waals surface area contributed by atoms with Crippen LogP contribution in [0, 0.1) is 12.7 Å². The summed E-state index contributed by atoms with van der Waals surface area (Å²) in [7, 11) is 0. The number of aryl methyl sites for hydroxylation is 1. The Balaban J connectivity index is 1.79. The standard InChI is InChI=1S/C14H23FN6O/c1-10-17-13(19-16)12(15)14(18-10)21-4-2-3-11(21)9-20-5-7-22-8-6-20/h11H,2-9,16H2,1H3,(H,17,18,19)/t11-/m0/s1. The van der Waals surface area contributed by atoms with Crippen LogP contribution in [0.5, 0.6) is 0 Å². The van der Waals surface area contributed by atoms with Crippen LogP contribution in [0.2, 0.25) is 0 Å². The molecule has 2 saturated heterocycles. The highest BCUT2D eigenvalue weighted by Crippen LogP contribution is 2.29. The van der Waals surface area contributed by atoms with Crippen LogP contribution in [0.4, 0.5) is 16.0 Å². The minimum absolute atomic E-state index is 0.0551. The first kappa shape index (κ1) is 15.4. The number of nitrogens with one attached hydrogen (secondary N) is 1. The molecular weight excluding hydrogens is 287 g/mol. The van der Waals surface area contributed by atoms with E-state index in [-0.39, 0.29) is 11.9 Å². The summed E-state index contributed by atoms with van der Waals surface area (Å²) in [6, 6.07) is 0.271. The van der Waals surface area contributed by atoms with Gasteiger partial charge in [-0.25, -0.2) is 15.8 Å². The zero-order valence-corrected chi connectivity index (χ0v) is 12.9. The van der Waals surface area contributed by atoms with Gasteiger partial charge in [0.05, 0.1) is 13.2 Å². The fourth-order valence-electron chi connectivity index (χ4n) is 3.22. The number of halogens is 1. The third-order valence-electron chi connectivity index (χ3n) is 4.30. The van der Waals surface area contributed by atoms with Gasteiger partial charge in [-0.05, 0) is 19.8 Å². The molecule has 0 radical (unpaired) electrons. The summed E-state index contributed by atoms with van der Waals surface area (Å²) < 4.78 is 19.9. The van der Waals surface area contributed by atoms with Crippen molar-refractivity contribution in [2.75, 3.05) is 49.7 Å². The number of nitrogens with zero attached hydrogens (tertiary/aromatic N) is 4.